The van der Waals surface area contributed by atoms with Crippen molar-refractivity contribution >= 4 is 11.9 Å². The Balaban J connectivity index is 1.60. The fourth-order valence-corrected chi connectivity index (χ4v) is 4.26. The van der Waals surface area contributed by atoms with Crippen LogP contribution in [-0.2, 0) is 13.2 Å². The van der Waals surface area contributed by atoms with E-state index >= 15 is 0 Å². The third-order valence-electron chi connectivity index (χ3n) is 5.98. The molecule has 13 heteroatoms. The van der Waals surface area contributed by atoms with Crippen LogP contribution in [0, 0.1) is 11.7 Å². The number of alkyl halides is 5. The molecule has 0 bridgehead atoms. The average Bonchev–Trinajstić information content (AvgIpc) is 3.19. The van der Waals surface area contributed by atoms with Crippen molar-refractivity contribution in [1.82, 2.24) is 24.6 Å². The van der Waals surface area contributed by atoms with Gasteiger partial charge in [0.05, 0.1) is 18.2 Å². The number of carbonyl (C=O) groups excluding carboxylic acids is 1. The molecule has 0 aliphatic carbocycles. The van der Waals surface area contributed by atoms with Gasteiger partial charge in [-0.25, -0.2) is 23.1 Å². The van der Waals surface area contributed by atoms with E-state index in [4.69, 9.17) is 0 Å². The number of hydrogen-bond acceptors (Lipinski definition) is 5. The van der Waals surface area contributed by atoms with E-state index in [0.29, 0.717) is 23.5 Å². The van der Waals surface area contributed by atoms with E-state index in [9.17, 15) is 31.1 Å². The van der Waals surface area contributed by atoms with Crippen LogP contribution in [0.2, 0.25) is 0 Å². The molecule has 36 heavy (non-hydrogen) atoms. The summed E-state index contributed by atoms with van der Waals surface area (Å²) in [5.41, 5.74) is -0.275. The van der Waals surface area contributed by atoms with Gasteiger partial charge in [-0.3, -0.25) is 9.48 Å². The lowest BCUT2D eigenvalue weighted by Gasteiger charge is -2.43. The maximum absolute atomic E-state index is 14.5. The third-order valence-corrected chi connectivity index (χ3v) is 5.98. The van der Waals surface area contributed by atoms with Crippen molar-refractivity contribution in [3.05, 3.63) is 59.9 Å². The summed E-state index contributed by atoms with van der Waals surface area (Å²) in [6, 6.07) is 4.58. The normalized spacial score (nSPS) is 19.8. The number of aryl methyl sites for hydroxylation is 1. The summed E-state index contributed by atoms with van der Waals surface area (Å²) in [4.78, 5) is 21.8. The second kappa shape index (κ2) is 9.43. The Morgan fingerprint density at radius 3 is 2.42 bits per heavy atom. The molecule has 1 saturated heterocycles. The van der Waals surface area contributed by atoms with Crippen LogP contribution in [0.1, 0.15) is 29.4 Å². The van der Waals surface area contributed by atoms with Crippen molar-refractivity contribution in [2.24, 2.45) is 13.0 Å². The molecule has 1 aliphatic rings. The Kier molecular flexibility index (Phi) is 6.67. The number of nitrogens with zero attached hydrogens (tertiary/aromatic N) is 5. The number of likely N-dealkylation sites (tertiary alicyclic amines) is 1. The molecule has 0 radical (unpaired) electrons. The van der Waals surface area contributed by atoms with Crippen LogP contribution in [-0.4, -0.2) is 55.6 Å². The fraction of sp³-hybridized carbons (Fsp3) is 0.391. The topological polar surface area (TPSA) is 75.9 Å². The molecule has 1 unspecified atom stereocenters. The molecule has 1 amide bonds. The van der Waals surface area contributed by atoms with Crippen molar-refractivity contribution in [3.8, 4) is 11.1 Å². The highest BCUT2D eigenvalue weighted by atomic mass is 19.4. The summed E-state index contributed by atoms with van der Waals surface area (Å²) in [5, 5.41) is 6.93. The van der Waals surface area contributed by atoms with E-state index in [1.165, 1.54) is 35.1 Å². The van der Waals surface area contributed by atoms with Gasteiger partial charge in [-0.2, -0.15) is 18.3 Å². The molecule has 4 rings (SSSR count). The summed E-state index contributed by atoms with van der Waals surface area (Å²) >= 11 is 0. The number of piperidine rings is 1. The minimum atomic E-state index is -4.60. The monoisotopic (exact) mass is 512 g/mol. The van der Waals surface area contributed by atoms with Gasteiger partial charge in [0.15, 0.2) is 5.69 Å². The number of halogens is 6. The molecule has 1 N–H and O–H groups in total. The molecule has 1 aliphatic heterocycles. The second-order valence-electron chi connectivity index (χ2n) is 8.78. The number of amides is 1. The Morgan fingerprint density at radius 1 is 1.17 bits per heavy atom. The zero-order chi connectivity index (χ0) is 26.3. The van der Waals surface area contributed by atoms with Crippen LogP contribution in [0.5, 0.6) is 0 Å². The summed E-state index contributed by atoms with van der Waals surface area (Å²) in [6.45, 7) is 0.621. The van der Waals surface area contributed by atoms with Crippen molar-refractivity contribution in [2.45, 2.75) is 31.5 Å². The largest absolute Gasteiger partial charge is 0.419 e. The molecular formula is C23H22F6N6O. The van der Waals surface area contributed by atoms with Gasteiger partial charge in [-0.05, 0) is 23.6 Å². The molecule has 192 valence electrons. The van der Waals surface area contributed by atoms with E-state index in [-0.39, 0.29) is 18.2 Å². The van der Waals surface area contributed by atoms with E-state index < -0.39 is 54.3 Å². The number of anilines is 1. The minimum Gasteiger partial charge on any atom is -0.352 e. The zero-order valence-electron chi connectivity index (χ0n) is 19.2. The number of aromatic nitrogens is 4. The predicted molar refractivity (Wildman–Crippen MR) is 118 cm³/mol. The molecule has 1 aromatic carbocycles. The number of rotatable bonds is 5. The first-order valence-corrected chi connectivity index (χ1v) is 11.0. The van der Waals surface area contributed by atoms with Gasteiger partial charge in [0, 0.05) is 44.2 Å². The first-order valence-electron chi connectivity index (χ1n) is 11.0. The standard InChI is InChI=1S/C23H22F6N6O/c1-13-7-22(25,26)12-35(18(13)10-32-21-30-8-15(9-31-21)23(27,28)29)20(36)19-17(11-34(2)33-19)14-3-5-16(24)6-4-14/h3-6,8-9,11,13,18H,7,10,12H2,1-2H3,(H,30,31,32)/t13-,18?/m1/s1. The number of benzene rings is 1. The Hall–Kier alpha value is -3.64. The SMILES string of the molecule is C[C@@H]1CC(F)(F)CN(C(=O)c2nn(C)cc2-c2ccc(F)cc2)C1CNc1ncc(C(F)(F)F)cn1. The van der Waals surface area contributed by atoms with Crippen molar-refractivity contribution in [2.75, 3.05) is 18.4 Å². The van der Waals surface area contributed by atoms with E-state index in [0.717, 1.165) is 4.90 Å². The lowest BCUT2D eigenvalue weighted by atomic mass is 9.88. The highest BCUT2D eigenvalue weighted by Crippen LogP contribution is 2.36. The number of carbonyl (C=O) groups is 1. The van der Waals surface area contributed by atoms with Crippen molar-refractivity contribution in [3.63, 3.8) is 0 Å². The van der Waals surface area contributed by atoms with Crippen molar-refractivity contribution in [1.29, 1.82) is 0 Å². The lowest BCUT2D eigenvalue weighted by Crippen LogP contribution is -2.57. The van der Waals surface area contributed by atoms with Crippen LogP contribution in [0.25, 0.3) is 11.1 Å². The van der Waals surface area contributed by atoms with Gasteiger partial charge < -0.3 is 10.2 Å². The summed E-state index contributed by atoms with van der Waals surface area (Å²) in [7, 11) is 1.57. The van der Waals surface area contributed by atoms with Crippen LogP contribution in [0.4, 0.5) is 32.3 Å². The maximum atomic E-state index is 14.5. The Bertz CT molecular complexity index is 1230. The fourth-order valence-electron chi connectivity index (χ4n) is 4.26. The van der Waals surface area contributed by atoms with Crippen LogP contribution < -0.4 is 5.32 Å². The first-order chi connectivity index (χ1) is 16.8. The van der Waals surface area contributed by atoms with E-state index in [2.05, 4.69) is 20.4 Å². The molecule has 1 fully saturated rings. The van der Waals surface area contributed by atoms with Gasteiger partial charge in [-0.15, -0.1) is 0 Å². The van der Waals surface area contributed by atoms with Gasteiger partial charge in [-0.1, -0.05) is 19.1 Å². The van der Waals surface area contributed by atoms with Gasteiger partial charge in [0.2, 0.25) is 5.95 Å². The van der Waals surface area contributed by atoms with Crippen LogP contribution in [0.3, 0.4) is 0 Å². The molecular weight excluding hydrogens is 490 g/mol. The molecule has 0 saturated carbocycles. The van der Waals surface area contributed by atoms with Crippen molar-refractivity contribution < 1.29 is 31.1 Å². The maximum Gasteiger partial charge on any atom is 0.419 e. The Morgan fingerprint density at radius 2 is 1.81 bits per heavy atom. The zero-order valence-corrected chi connectivity index (χ0v) is 19.2. The number of nitrogens with one attached hydrogen (secondary N) is 1. The summed E-state index contributed by atoms with van der Waals surface area (Å²) < 4.78 is 82.1. The van der Waals surface area contributed by atoms with Crippen LogP contribution in [0.15, 0.2) is 42.9 Å². The molecule has 0 spiro atoms. The quantitative estimate of drug-likeness (QED) is 0.505. The molecule has 2 aromatic heterocycles. The third kappa shape index (κ3) is 5.44. The first kappa shape index (κ1) is 25.5. The predicted octanol–water partition coefficient (Wildman–Crippen LogP) is 4.63. The summed E-state index contributed by atoms with van der Waals surface area (Å²) in [5.74, 6) is -5.18. The van der Waals surface area contributed by atoms with Gasteiger partial charge in [0.25, 0.3) is 11.8 Å². The highest BCUT2D eigenvalue weighted by molar-refractivity contribution is 5.99. The summed E-state index contributed by atoms with van der Waals surface area (Å²) in [6.07, 6.45) is -2.32. The average molecular weight is 512 g/mol. The van der Waals surface area contributed by atoms with E-state index in [1.54, 1.807) is 14.0 Å². The molecule has 2 atom stereocenters. The van der Waals surface area contributed by atoms with Crippen LogP contribution >= 0.6 is 0 Å². The Labute approximate surface area is 202 Å². The lowest BCUT2D eigenvalue weighted by molar-refractivity contribution is -0.138. The minimum absolute atomic E-state index is 0.0763. The highest BCUT2D eigenvalue weighted by Gasteiger charge is 2.47. The molecule has 3 heterocycles. The smallest absolute Gasteiger partial charge is 0.352 e. The van der Waals surface area contributed by atoms with Gasteiger partial charge in [0.1, 0.15) is 5.82 Å². The molecule has 3 aromatic rings. The number of hydrogen-bond donors (Lipinski definition) is 1. The van der Waals surface area contributed by atoms with E-state index in [1.807, 2.05) is 0 Å². The molecule has 7 nitrogen and oxygen atoms in total. The van der Waals surface area contributed by atoms with Gasteiger partial charge >= 0.3 is 6.18 Å². The second-order valence-corrected chi connectivity index (χ2v) is 8.78.